The van der Waals surface area contributed by atoms with E-state index in [-0.39, 0.29) is 23.5 Å². The minimum atomic E-state index is -0.330. The van der Waals surface area contributed by atoms with Gasteiger partial charge in [-0.25, -0.2) is 0 Å². The van der Waals surface area contributed by atoms with E-state index in [1.54, 1.807) is 42.5 Å². The molecule has 0 unspecified atom stereocenters. The van der Waals surface area contributed by atoms with Crippen LogP contribution in [0.15, 0.2) is 42.5 Å². The van der Waals surface area contributed by atoms with Crippen molar-refractivity contribution in [3.8, 4) is 0 Å². The second kappa shape index (κ2) is 8.92. The van der Waals surface area contributed by atoms with Crippen LogP contribution in [-0.4, -0.2) is 29.6 Å². The molecule has 4 rings (SSSR count). The van der Waals surface area contributed by atoms with Gasteiger partial charge in [-0.05, 0) is 38.0 Å². The summed E-state index contributed by atoms with van der Waals surface area (Å²) >= 11 is 0. The molecule has 0 saturated heterocycles. The predicted octanol–water partition coefficient (Wildman–Crippen LogP) is 4.49. The van der Waals surface area contributed by atoms with Crippen LogP contribution in [0, 0.1) is 0 Å². The number of hydrogen-bond acceptors (Lipinski definition) is 4. The van der Waals surface area contributed by atoms with E-state index in [9.17, 15) is 14.4 Å². The Kier molecular flexibility index (Phi) is 6.09. The lowest BCUT2D eigenvalue weighted by molar-refractivity contribution is -0.118. The SMILES string of the molecule is C[C@@H](NC1CCCCCCC1)C(=O)Nc1ccc2c(c1)C(=O)c1ccccc1C2=O. The van der Waals surface area contributed by atoms with Crippen LogP contribution in [0.25, 0.3) is 0 Å². The Morgan fingerprint density at radius 3 is 2.07 bits per heavy atom. The molecule has 30 heavy (non-hydrogen) atoms. The lowest BCUT2D eigenvalue weighted by Gasteiger charge is -2.25. The highest BCUT2D eigenvalue weighted by atomic mass is 16.2. The summed E-state index contributed by atoms with van der Waals surface area (Å²) in [5, 5.41) is 6.37. The highest BCUT2D eigenvalue weighted by Gasteiger charge is 2.29. The molecule has 0 radical (unpaired) electrons. The number of fused-ring (bicyclic) bond motifs is 2. The normalized spacial score (nSPS) is 18.0. The average molecular weight is 405 g/mol. The van der Waals surface area contributed by atoms with Crippen molar-refractivity contribution in [2.24, 2.45) is 0 Å². The van der Waals surface area contributed by atoms with Gasteiger partial charge in [-0.15, -0.1) is 0 Å². The molecule has 2 aliphatic carbocycles. The van der Waals surface area contributed by atoms with Crippen molar-refractivity contribution in [1.29, 1.82) is 0 Å². The number of ketones is 2. The third-order valence-electron chi connectivity index (χ3n) is 6.18. The van der Waals surface area contributed by atoms with Gasteiger partial charge in [-0.1, -0.05) is 56.4 Å². The van der Waals surface area contributed by atoms with Gasteiger partial charge in [0.15, 0.2) is 11.6 Å². The molecule has 0 aromatic heterocycles. The first-order valence-electron chi connectivity index (χ1n) is 10.9. The molecule has 156 valence electrons. The van der Waals surface area contributed by atoms with Crippen molar-refractivity contribution in [2.75, 3.05) is 5.32 Å². The Balaban J connectivity index is 1.46. The fourth-order valence-corrected chi connectivity index (χ4v) is 4.48. The zero-order valence-electron chi connectivity index (χ0n) is 17.4. The summed E-state index contributed by atoms with van der Waals surface area (Å²) < 4.78 is 0. The molecule has 2 aromatic carbocycles. The van der Waals surface area contributed by atoms with Gasteiger partial charge < -0.3 is 10.6 Å². The molecule has 0 heterocycles. The summed E-state index contributed by atoms with van der Waals surface area (Å²) in [7, 11) is 0. The van der Waals surface area contributed by atoms with Gasteiger partial charge >= 0.3 is 0 Å². The number of carbonyl (C=O) groups is 3. The molecule has 5 heteroatoms. The lowest BCUT2D eigenvalue weighted by atomic mass is 9.84. The van der Waals surface area contributed by atoms with Crippen molar-refractivity contribution in [3.05, 3.63) is 64.7 Å². The fourth-order valence-electron chi connectivity index (χ4n) is 4.48. The number of amides is 1. The minimum Gasteiger partial charge on any atom is -0.325 e. The van der Waals surface area contributed by atoms with Gasteiger partial charge in [0, 0.05) is 34.0 Å². The van der Waals surface area contributed by atoms with E-state index in [2.05, 4.69) is 10.6 Å². The Labute approximate surface area is 177 Å². The molecule has 0 spiro atoms. The lowest BCUT2D eigenvalue weighted by Crippen LogP contribution is -2.44. The highest BCUT2D eigenvalue weighted by Crippen LogP contribution is 2.29. The maximum absolute atomic E-state index is 12.9. The maximum atomic E-state index is 12.9. The van der Waals surface area contributed by atoms with Gasteiger partial charge in [0.1, 0.15) is 0 Å². The van der Waals surface area contributed by atoms with Crippen molar-refractivity contribution in [1.82, 2.24) is 5.32 Å². The van der Waals surface area contributed by atoms with Crippen LogP contribution in [0.3, 0.4) is 0 Å². The topological polar surface area (TPSA) is 75.3 Å². The van der Waals surface area contributed by atoms with Gasteiger partial charge in [-0.2, -0.15) is 0 Å². The molecular formula is C25H28N2O3. The maximum Gasteiger partial charge on any atom is 0.241 e. The predicted molar refractivity (Wildman–Crippen MR) is 117 cm³/mol. The molecule has 0 bridgehead atoms. The third-order valence-corrected chi connectivity index (χ3v) is 6.18. The first-order chi connectivity index (χ1) is 14.5. The van der Waals surface area contributed by atoms with E-state index in [1.807, 2.05) is 6.92 Å². The Morgan fingerprint density at radius 1 is 0.833 bits per heavy atom. The Hall–Kier alpha value is -2.79. The number of rotatable bonds is 4. The van der Waals surface area contributed by atoms with Gasteiger partial charge in [0.25, 0.3) is 0 Å². The fraction of sp³-hybridized carbons (Fsp3) is 0.400. The van der Waals surface area contributed by atoms with Gasteiger partial charge in [0.05, 0.1) is 6.04 Å². The first-order valence-corrected chi connectivity index (χ1v) is 10.9. The second-order valence-electron chi connectivity index (χ2n) is 8.38. The Bertz CT molecular complexity index is 974. The van der Waals surface area contributed by atoms with Gasteiger partial charge in [0.2, 0.25) is 5.91 Å². The Morgan fingerprint density at radius 2 is 1.40 bits per heavy atom. The van der Waals surface area contributed by atoms with Crippen LogP contribution < -0.4 is 10.6 Å². The molecule has 2 N–H and O–H groups in total. The molecule has 2 aliphatic rings. The van der Waals surface area contributed by atoms with Crippen molar-refractivity contribution in [3.63, 3.8) is 0 Å². The van der Waals surface area contributed by atoms with E-state index < -0.39 is 0 Å². The summed E-state index contributed by atoms with van der Waals surface area (Å²) in [5.41, 5.74) is 2.11. The molecular weight excluding hydrogens is 376 g/mol. The number of nitrogens with one attached hydrogen (secondary N) is 2. The molecule has 1 atom stereocenters. The van der Waals surface area contributed by atoms with Crippen LogP contribution in [-0.2, 0) is 4.79 Å². The zero-order valence-corrected chi connectivity index (χ0v) is 17.4. The van der Waals surface area contributed by atoms with E-state index in [1.165, 1.54) is 32.1 Å². The third kappa shape index (κ3) is 4.21. The summed E-state index contributed by atoms with van der Waals surface area (Å²) in [6.45, 7) is 1.87. The summed E-state index contributed by atoms with van der Waals surface area (Å²) in [6, 6.07) is 11.8. The minimum absolute atomic E-state index is 0.132. The smallest absolute Gasteiger partial charge is 0.241 e. The molecule has 1 saturated carbocycles. The number of hydrogen-bond donors (Lipinski definition) is 2. The number of benzene rings is 2. The standard InChI is InChI=1S/C25H28N2O3/c1-16(26-17-9-5-3-2-4-6-10-17)25(30)27-18-13-14-21-22(15-18)24(29)20-12-8-7-11-19(20)23(21)28/h7-8,11-17,26H,2-6,9-10H2,1H3,(H,27,30)/t16-/m1/s1. The van der Waals surface area contributed by atoms with Crippen molar-refractivity contribution in [2.45, 2.75) is 64.0 Å². The zero-order chi connectivity index (χ0) is 21.1. The summed E-state index contributed by atoms with van der Waals surface area (Å²) in [5.74, 6) is -0.471. The molecule has 5 nitrogen and oxygen atoms in total. The van der Waals surface area contributed by atoms with E-state index >= 15 is 0 Å². The van der Waals surface area contributed by atoms with E-state index in [0.717, 1.165) is 12.8 Å². The van der Waals surface area contributed by atoms with Crippen LogP contribution in [0.1, 0.15) is 83.7 Å². The highest BCUT2D eigenvalue weighted by molar-refractivity contribution is 6.28. The van der Waals surface area contributed by atoms with Crippen LogP contribution in [0.4, 0.5) is 5.69 Å². The van der Waals surface area contributed by atoms with Crippen LogP contribution in [0.2, 0.25) is 0 Å². The van der Waals surface area contributed by atoms with Crippen molar-refractivity contribution >= 4 is 23.2 Å². The molecule has 1 amide bonds. The molecule has 2 aromatic rings. The van der Waals surface area contributed by atoms with Crippen LogP contribution >= 0.6 is 0 Å². The number of carbonyl (C=O) groups excluding carboxylic acids is 3. The monoisotopic (exact) mass is 404 g/mol. The largest absolute Gasteiger partial charge is 0.325 e. The molecule has 1 fully saturated rings. The van der Waals surface area contributed by atoms with Gasteiger partial charge in [-0.3, -0.25) is 14.4 Å². The van der Waals surface area contributed by atoms with Crippen molar-refractivity contribution < 1.29 is 14.4 Å². The summed E-state index contributed by atoms with van der Waals surface area (Å²) in [4.78, 5) is 38.3. The number of anilines is 1. The van der Waals surface area contributed by atoms with Crippen LogP contribution in [0.5, 0.6) is 0 Å². The second-order valence-corrected chi connectivity index (χ2v) is 8.38. The van der Waals surface area contributed by atoms with E-state index in [4.69, 9.17) is 0 Å². The average Bonchev–Trinajstić information content (AvgIpc) is 2.73. The quantitative estimate of drug-likeness (QED) is 0.672. The first kappa shape index (κ1) is 20.5. The summed E-state index contributed by atoms with van der Waals surface area (Å²) in [6.07, 6.45) is 8.46. The van der Waals surface area contributed by atoms with E-state index in [0.29, 0.717) is 34.0 Å². The molecule has 0 aliphatic heterocycles.